The number of nitrogens with one attached hydrogen (secondary N) is 1. The van der Waals surface area contributed by atoms with Gasteiger partial charge in [-0.1, -0.05) is 0 Å². The summed E-state index contributed by atoms with van der Waals surface area (Å²) < 4.78 is 39.7. The standard InChI is InChI=1S/C19H21N3O5S/c1-21-17-11-16(7-8-18(17)27-19(21)23)28(24,25)20-13-3-5-14(6-4-13)22-10-9-15(12-22)26-2/h3-8,11,15,20H,9-10,12H2,1-2H3. The van der Waals surface area contributed by atoms with Gasteiger partial charge in [-0.15, -0.1) is 0 Å². The van der Waals surface area contributed by atoms with Crippen molar-refractivity contribution in [3.05, 3.63) is 53.0 Å². The lowest BCUT2D eigenvalue weighted by Gasteiger charge is -2.19. The Bertz CT molecular complexity index is 1160. The molecule has 9 heteroatoms. The zero-order valence-corrected chi connectivity index (χ0v) is 16.4. The van der Waals surface area contributed by atoms with Crippen LogP contribution in [-0.4, -0.2) is 39.3 Å². The molecule has 2 heterocycles. The molecule has 2 aromatic carbocycles. The van der Waals surface area contributed by atoms with E-state index in [1.807, 2.05) is 12.1 Å². The van der Waals surface area contributed by atoms with Gasteiger partial charge in [0, 0.05) is 38.6 Å². The fourth-order valence-corrected chi connectivity index (χ4v) is 4.46. The number of sulfonamides is 1. The Balaban J connectivity index is 1.55. The largest absolute Gasteiger partial charge is 0.419 e. The van der Waals surface area contributed by atoms with Crippen molar-refractivity contribution in [3.8, 4) is 0 Å². The molecule has 8 nitrogen and oxygen atoms in total. The van der Waals surface area contributed by atoms with E-state index in [0.29, 0.717) is 16.8 Å². The molecular formula is C19H21N3O5S. The number of hydrogen-bond acceptors (Lipinski definition) is 6. The molecule has 1 aliphatic rings. The van der Waals surface area contributed by atoms with Crippen molar-refractivity contribution in [2.24, 2.45) is 7.05 Å². The summed E-state index contributed by atoms with van der Waals surface area (Å²) >= 11 is 0. The van der Waals surface area contributed by atoms with Crippen LogP contribution < -0.4 is 15.4 Å². The van der Waals surface area contributed by atoms with Gasteiger partial charge in [0.25, 0.3) is 10.0 Å². The third-order valence-corrected chi connectivity index (χ3v) is 6.42. The fraction of sp³-hybridized carbons (Fsp3) is 0.316. The minimum absolute atomic E-state index is 0.0583. The maximum Gasteiger partial charge on any atom is 0.419 e. The van der Waals surface area contributed by atoms with Gasteiger partial charge >= 0.3 is 5.76 Å². The van der Waals surface area contributed by atoms with Crippen molar-refractivity contribution in [2.75, 3.05) is 29.8 Å². The van der Waals surface area contributed by atoms with Gasteiger partial charge in [-0.25, -0.2) is 13.2 Å². The number of aromatic nitrogens is 1. The van der Waals surface area contributed by atoms with Gasteiger partial charge in [0.15, 0.2) is 5.58 Å². The van der Waals surface area contributed by atoms with Gasteiger partial charge in [-0.05, 0) is 48.9 Å². The SMILES string of the molecule is COC1CCN(c2ccc(NS(=O)(=O)c3ccc4oc(=O)n(C)c4c3)cc2)C1. The van der Waals surface area contributed by atoms with E-state index in [9.17, 15) is 13.2 Å². The Morgan fingerprint density at radius 1 is 1.18 bits per heavy atom. The first kappa shape index (κ1) is 18.6. The first-order valence-electron chi connectivity index (χ1n) is 8.87. The molecule has 1 aliphatic heterocycles. The van der Waals surface area contributed by atoms with Crippen molar-refractivity contribution in [1.82, 2.24) is 4.57 Å². The minimum Gasteiger partial charge on any atom is -0.408 e. The summed E-state index contributed by atoms with van der Waals surface area (Å²) in [5.74, 6) is -0.536. The molecule has 28 heavy (non-hydrogen) atoms. The number of nitrogens with zero attached hydrogens (tertiary/aromatic N) is 2. The quantitative estimate of drug-likeness (QED) is 0.702. The van der Waals surface area contributed by atoms with Crippen molar-refractivity contribution in [3.63, 3.8) is 0 Å². The smallest absolute Gasteiger partial charge is 0.408 e. The number of fused-ring (bicyclic) bond motifs is 1. The highest BCUT2D eigenvalue weighted by Crippen LogP contribution is 2.25. The van der Waals surface area contributed by atoms with Crippen LogP contribution >= 0.6 is 0 Å². The van der Waals surface area contributed by atoms with Crippen molar-refractivity contribution in [2.45, 2.75) is 17.4 Å². The molecule has 1 aromatic heterocycles. The molecule has 4 rings (SSSR count). The number of benzene rings is 2. The molecule has 0 radical (unpaired) electrons. The topological polar surface area (TPSA) is 93.8 Å². The Morgan fingerprint density at radius 3 is 2.61 bits per heavy atom. The first-order chi connectivity index (χ1) is 13.4. The summed E-state index contributed by atoms with van der Waals surface area (Å²) in [6.07, 6.45) is 1.20. The lowest BCUT2D eigenvalue weighted by molar-refractivity contribution is 0.121. The molecule has 148 valence electrons. The predicted octanol–water partition coefficient (Wildman–Crippen LogP) is 2.16. The monoisotopic (exact) mass is 403 g/mol. The van der Waals surface area contributed by atoms with Crippen molar-refractivity contribution >= 4 is 32.5 Å². The average Bonchev–Trinajstić information content (AvgIpc) is 3.27. The van der Waals surface area contributed by atoms with Crippen LogP contribution in [0.3, 0.4) is 0 Å². The highest BCUT2D eigenvalue weighted by molar-refractivity contribution is 7.92. The van der Waals surface area contributed by atoms with Crippen LogP contribution in [-0.2, 0) is 21.8 Å². The number of rotatable bonds is 5. The summed E-state index contributed by atoms with van der Waals surface area (Å²) in [5, 5.41) is 0. The molecule has 0 bridgehead atoms. The lowest BCUT2D eigenvalue weighted by atomic mass is 10.2. The third-order valence-electron chi connectivity index (χ3n) is 5.04. The second kappa shape index (κ2) is 6.99. The van der Waals surface area contributed by atoms with Gasteiger partial charge in [-0.3, -0.25) is 9.29 Å². The Morgan fingerprint density at radius 2 is 1.93 bits per heavy atom. The molecule has 1 unspecified atom stereocenters. The molecule has 0 spiro atoms. The summed E-state index contributed by atoms with van der Waals surface area (Å²) in [6, 6.07) is 11.6. The molecule has 0 saturated carbocycles. The number of anilines is 2. The van der Waals surface area contributed by atoms with Gasteiger partial charge in [0.05, 0.1) is 16.5 Å². The van der Waals surface area contributed by atoms with E-state index in [2.05, 4.69) is 9.62 Å². The molecule has 1 N–H and O–H groups in total. The highest BCUT2D eigenvalue weighted by atomic mass is 32.2. The highest BCUT2D eigenvalue weighted by Gasteiger charge is 2.22. The maximum absolute atomic E-state index is 12.7. The van der Waals surface area contributed by atoms with Crippen LogP contribution in [0.1, 0.15) is 6.42 Å². The minimum atomic E-state index is -3.80. The summed E-state index contributed by atoms with van der Waals surface area (Å²) in [4.78, 5) is 13.9. The van der Waals surface area contributed by atoms with E-state index in [0.717, 1.165) is 25.2 Å². The summed E-state index contributed by atoms with van der Waals surface area (Å²) in [7, 11) is -0.553. The van der Waals surface area contributed by atoms with Gasteiger partial charge in [-0.2, -0.15) is 0 Å². The average molecular weight is 403 g/mol. The molecule has 3 aromatic rings. The molecule has 1 atom stereocenters. The van der Waals surface area contributed by atoms with Crippen molar-refractivity contribution < 1.29 is 17.6 Å². The van der Waals surface area contributed by atoms with E-state index in [4.69, 9.17) is 9.15 Å². The number of oxazole rings is 1. The van der Waals surface area contributed by atoms with Crippen LogP contribution in [0.4, 0.5) is 11.4 Å². The van der Waals surface area contributed by atoms with E-state index in [1.165, 1.54) is 29.8 Å². The summed E-state index contributed by atoms with van der Waals surface area (Å²) in [5.41, 5.74) is 2.26. The van der Waals surface area contributed by atoms with E-state index >= 15 is 0 Å². The van der Waals surface area contributed by atoms with Crippen LogP contribution in [0.15, 0.2) is 56.6 Å². The zero-order chi connectivity index (χ0) is 19.9. The predicted molar refractivity (Wildman–Crippen MR) is 106 cm³/mol. The molecule has 1 saturated heterocycles. The second-order valence-electron chi connectivity index (χ2n) is 6.80. The van der Waals surface area contributed by atoms with E-state index in [-0.39, 0.29) is 11.0 Å². The van der Waals surface area contributed by atoms with Gasteiger partial charge in [0.2, 0.25) is 0 Å². The molecule has 0 aliphatic carbocycles. The Hall–Kier alpha value is -2.78. The number of aryl methyl sites for hydroxylation is 1. The third kappa shape index (κ3) is 3.38. The summed E-state index contributed by atoms with van der Waals surface area (Å²) in [6.45, 7) is 1.73. The lowest BCUT2D eigenvalue weighted by Crippen LogP contribution is -2.22. The van der Waals surface area contributed by atoms with E-state index < -0.39 is 15.8 Å². The number of hydrogen-bond donors (Lipinski definition) is 1. The molecule has 0 amide bonds. The zero-order valence-electron chi connectivity index (χ0n) is 15.6. The van der Waals surface area contributed by atoms with Crippen LogP contribution in [0.5, 0.6) is 0 Å². The van der Waals surface area contributed by atoms with Crippen LogP contribution in [0.2, 0.25) is 0 Å². The number of methoxy groups -OCH3 is 1. The fourth-order valence-electron chi connectivity index (χ4n) is 3.38. The normalized spacial score (nSPS) is 17.4. The van der Waals surface area contributed by atoms with Gasteiger partial charge in [0.1, 0.15) is 0 Å². The van der Waals surface area contributed by atoms with Crippen LogP contribution in [0, 0.1) is 0 Å². The second-order valence-corrected chi connectivity index (χ2v) is 8.48. The number of ether oxygens (including phenoxy) is 1. The Kier molecular flexibility index (Phi) is 4.64. The first-order valence-corrected chi connectivity index (χ1v) is 10.4. The van der Waals surface area contributed by atoms with Crippen molar-refractivity contribution in [1.29, 1.82) is 0 Å². The van der Waals surface area contributed by atoms with E-state index in [1.54, 1.807) is 19.2 Å². The van der Waals surface area contributed by atoms with Crippen LogP contribution in [0.25, 0.3) is 11.1 Å². The molecular weight excluding hydrogens is 382 g/mol. The molecule has 1 fully saturated rings. The maximum atomic E-state index is 12.7. The van der Waals surface area contributed by atoms with Gasteiger partial charge < -0.3 is 14.1 Å². The Labute approximate surface area is 162 Å².